The molecular formula is C42H61NO7. The van der Waals surface area contributed by atoms with Gasteiger partial charge in [-0.1, -0.05) is 77.2 Å². The van der Waals surface area contributed by atoms with Gasteiger partial charge in [-0.3, -0.25) is 4.79 Å². The van der Waals surface area contributed by atoms with Gasteiger partial charge in [-0.2, -0.15) is 0 Å². The molecule has 8 nitrogen and oxygen atoms in total. The van der Waals surface area contributed by atoms with Crippen molar-refractivity contribution in [1.82, 2.24) is 5.32 Å². The summed E-state index contributed by atoms with van der Waals surface area (Å²) in [6.07, 6.45) is 16.4. The van der Waals surface area contributed by atoms with E-state index in [4.69, 9.17) is 18.9 Å². The van der Waals surface area contributed by atoms with Crippen molar-refractivity contribution in [3.05, 3.63) is 52.6 Å². The molecule has 0 bridgehead atoms. The third kappa shape index (κ3) is 8.24. The number of epoxide rings is 1. The van der Waals surface area contributed by atoms with Gasteiger partial charge in [-0.25, -0.2) is 4.79 Å². The molecule has 2 saturated heterocycles. The quantitative estimate of drug-likeness (QED) is 0.115. The number of carbonyl (C=O) groups excluding carboxylic acids is 2. The summed E-state index contributed by atoms with van der Waals surface area (Å²) in [5.74, 6) is -0.268. The Labute approximate surface area is 299 Å². The highest BCUT2D eigenvalue weighted by molar-refractivity contribution is 5.94. The van der Waals surface area contributed by atoms with E-state index in [9.17, 15) is 14.7 Å². The topological polar surface area (TPSA) is 107 Å². The molecule has 1 unspecified atom stereocenters. The molecule has 2 N–H and O–H groups in total. The smallest absolute Gasteiger partial charge is 0.338 e. The van der Waals surface area contributed by atoms with Gasteiger partial charge >= 0.3 is 5.97 Å². The molecule has 276 valence electrons. The van der Waals surface area contributed by atoms with Gasteiger partial charge in [0, 0.05) is 31.4 Å². The fourth-order valence-electron chi connectivity index (χ4n) is 9.26. The average molecular weight is 692 g/mol. The Hall–Kier alpha value is -2.52. The van der Waals surface area contributed by atoms with Crippen molar-refractivity contribution < 1.29 is 33.6 Å². The summed E-state index contributed by atoms with van der Waals surface area (Å²) in [6, 6.07) is 7.75. The van der Waals surface area contributed by atoms with Crippen molar-refractivity contribution in [2.24, 2.45) is 17.3 Å². The minimum absolute atomic E-state index is 0.0424. The average Bonchev–Trinajstić information content (AvgIpc) is 3.57. The SMILES string of the molecule is CCCCCC1(CCCCC)O[C@@H]2[C@@H](C=C(C(=O)NCCO)C[C@H]2OC(=O)c2cccc(C=C3CCC4O[C@]4(C)CC[C@@H]4[C@@H]3CC4(C)C)c2)O1. The minimum atomic E-state index is -0.767. The van der Waals surface area contributed by atoms with Crippen LogP contribution in [0, 0.1) is 17.3 Å². The zero-order valence-electron chi connectivity index (χ0n) is 31.1. The lowest BCUT2D eigenvalue weighted by Gasteiger charge is -2.53. The van der Waals surface area contributed by atoms with E-state index in [1.165, 1.54) is 18.4 Å². The van der Waals surface area contributed by atoms with Crippen LogP contribution in [-0.4, -0.2) is 65.9 Å². The molecule has 0 spiro atoms. The van der Waals surface area contributed by atoms with E-state index in [2.05, 4.69) is 52.1 Å². The van der Waals surface area contributed by atoms with E-state index >= 15 is 0 Å². The van der Waals surface area contributed by atoms with Crippen LogP contribution in [-0.2, 0) is 23.7 Å². The molecule has 1 amide bonds. The molecule has 0 aromatic heterocycles. The Morgan fingerprint density at radius 3 is 2.48 bits per heavy atom. The van der Waals surface area contributed by atoms with E-state index in [0.717, 1.165) is 76.2 Å². The molecule has 0 radical (unpaired) electrons. The van der Waals surface area contributed by atoms with E-state index in [-0.39, 0.29) is 31.1 Å². The first-order chi connectivity index (χ1) is 24.0. The zero-order valence-corrected chi connectivity index (χ0v) is 31.1. The molecule has 6 rings (SSSR count). The molecule has 50 heavy (non-hydrogen) atoms. The Bertz CT molecular complexity index is 1420. The van der Waals surface area contributed by atoms with Crippen LogP contribution in [0.2, 0.25) is 0 Å². The van der Waals surface area contributed by atoms with Crippen LogP contribution in [0.15, 0.2) is 41.5 Å². The van der Waals surface area contributed by atoms with Crippen LogP contribution in [0.1, 0.15) is 140 Å². The first-order valence-electron chi connectivity index (χ1n) is 19.6. The number of carbonyl (C=O) groups is 2. The summed E-state index contributed by atoms with van der Waals surface area (Å²) in [4.78, 5) is 27.0. The Balaban J connectivity index is 1.21. The highest BCUT2D eigenvalue weighted by Gasteiger charge is 2.56. The highest BCUT2D eigenvalue weighted by atomic mass is 16.8. The van der Waals surface area contributed by atoms with Crippen LogP contribution in [0.25, 0.3) is 6.08 Å². The maximum atomic E-state index is 13.9. The van der Waals surface area contributed by atoms with Crippen LogP contribution >= 0.6 is 0 Å². The molecular weight excluding hydrogens is 630 g/mol. The van der Waals surface area contributed by atoms with Gasteiger partial charge < -0.3 is 29.4 Å². The molecule has 2 heterocycles. The number of hydrogen-bond donors (Lipinski definition) is 2. The van der Waals surface area contributed by atoms with Crippen LogP contribution in [0.4, 0.5) is 0 Å². The largest absolute Gasteiger partial charge is 0.456 e. The third-order valence-electron chi connectivity index (χ3n) is 12.3. The number of aliphatic hydroxyl groups is 1. The van der Waals surface area contributed by atoms with Gasteiger partial charge in [0.1, 0.15) is 18.3 Å². The summed E-state index contributed by atoms with van der Waals surface area (Å²) in [5.41, 5.74) is 3.83. The second-order valence-electron chi connectivity index (χ2n) is 16.6. The lowest BCUT2D eigenvalue weighted by molar-refractivity contribution is -0.190. The summed E-state index contributed by atoms with van der Waals surface area (Å²) in [5, 5.41) is 12.1. The predicted octanol–water partition coefficient (Wildman–Crippen LogP) is 8.07. The maximum absolute atomic E-state index is 13.9. The number of aliphatic hydroxyl groups excluding tert-OH is 1. The van der Waals surface area contributed by atoms with Crippen molar-refractivity contribution in [2.75, 3.05) is 13.2 Å². The Morgan fingerprint density at radius 1 is 1.02 bits per heavy atom. The number of hydrogen-bond acceptors (Lipinski definition) is 7. The fraction of sp³-hybridized carbons (Fsp3) is 0.714. The number of benzene rings is 1. The summed E-state index contributed by atoms with van der Waals surface area (Å²) in [7, 11) is 0. The van der Waals surface area contributed by atoms with E-state index in [0.29, 0.717) is 34.5 Å². The third-order valence-corrected chi connectivity index (χ3v) is 12.3. The monoisotopic (exact) mass is 691 g/mol. The number of unbranched alkanes of at least 4 members (excludes halogenated alkanes) is 4. The number of amides is 1. The number of nitrogens with one attached hydrogen (secondary N) is 1. The second kappa shape index (κ2) is 15.6. The normalized spacial score (nSPS) is 33.0. The van der Waals surface area contributed by atoms with Crippen LogP contribution < -0.4 is 5.32 Å². The molecule has 2 aliphatic heterocycles. The molecule has 4 fully saturated rings. The number of fused-ring (bicyclic) bond motifs is 3. The van der Waals surface area contributed by atoms with Gasteiger partial charge in [0.05, 0.1) is 23.9 Å². The maximum Gasteiger partial charge on any atom is 0.338 e. The van der Waals surface area contributed by atoms with Gasteiger partial charge in [0.15, 0.2) is 5.79 Å². The number of rotatable bonds is 14. The molecule has 1 aromatic carbocycles. The summed E-state index contributed by atoms with van der Waals surface area (Å²) < 4.78 is 25.9. The van der Waals surface area contributed by atoms with Crippen LogP contribution in [0.3, 0.4) is 0 Å². The minimum Gasteiger partial charge on any atom is -0.456 e. The fourth-order valence-corrected chi connectivity index (χ4v) is 9.26. The first kappa shape index (κ1) is 37.2. The Kier molecular flexibility index (Phi) is 11.6. The van der Waals surface area contributed by atoms with Crippen molar-refractivity contribution in [1.29, 1.82) is 0 Å². The molecule has 1 aromatic rings. The lowest BCUT2D eigenvalue weighted by atomic mass is 9.52. The van der Waals surface area contributed by atoms with Gasteiger partial charge in [0.25, 0.3) is 0 Å². The highest BCUT2D eigenvalue weighted by Crippen LogP contribution is 2.59. The molecule has 7 atom stereocenters. The van der Waals surface area contributed by atoms with Crippen molar-refractivity contribution in [3.8, 4) is 0 Å². The number of esters is 1. The van der Waals surface area contributed by atoms with Gasteiger partial charge in [-0.15, -0.1) is 0 Å². The predicted molar refractivity (Wildman–Crippen MR) is 194 cm³/mol. The molecule has 3 aliphatic carbocycles. The van der Waals surface area contributed by atoms with E-state index in [1.54, 1.807) is 0 Å². The van der Waals surface area contributed by atoms with Crippen LogP contribution in [0.5, 0.6) is 0 Å². The van der Waals surface area contributed by atoms with E-state index < -0.39 is 30.1 Å². The zero-order chi connectivity index (χ0) is 35.5. The standard InChI is InChI=1S/C42H61NO7/c1-6-8-10-18-42(19-11-9-7-2)48-35-26-31(38(45)43-21-22-44)25-34(37(35)50-42)47-39(46)30-14-12-13-28(24-30)23-29-15-16-36-41(5,49-36)20-17-33-32(29)27-40(33,3)4/h12-14,23-24,26,32-37,44H,6-11,15-22,25,27H2,1-5H3,(H,43,45)/t32-,33-,34-,35-,36?,37+,41-/m1/s1. The first-order valence-corrected chi connectivity index (χ1v) is 19.6. The van der Waals surface area contributed by atoms with Gasteiger partial charge in [-0.05, 0) is 92.9 Å². The van der Waals surface area contributed by atoms with Gasteiger partial charge in [0.2, 0.25) is 5.91 Å². The number of ether oxygens (including phenoxy) is 4. The summed E-state index contributed by atoms with van der Waals surface area (Å²) in [6.45, 7) is 11.4. The second-order valence-corrected chi connectivity index (χ2v) is 16.6. The molecule has 8 heteroatoms. The Morgan fingerprint density at radius 2 is 1.78 bits per heavy atom. The van der Waals surface area contributed by atoms with E-state index in [1.807, 2.05) is 24.3 Å². The van der Waals surface area contributed by atoms with Crippen molar-refractivity contribution >= 4 is 18.0 Å². The molecule has 2 saturated carbocycles. The van der Waals surface area contributed by atoms with Crippen molar-refractivity contribution in [3.63, 3.8) is 0 Å². The molecule has 5 aliphatic rings. The summed E-state index contributed by atoms with van der Waals surface area (Å²) >= 11 is 0. The van der Waals surface area contributed by atoms with Crippen molar-refractivity contribution in [2.45, 2.75) is 160 Å². The number of allylic oxidation sites excluding steroid dienone is 1. The lowest BCUT2D eigenvalue weighted by Crippen LogP contribution is -2.45.